The van der Waals surface area contributed by atoms with Crippen LogP contribution in [0.2, 0.25) is 5.02 Å². The van der Waals surface area contributed by atoms with Crippen molar-refractivity contribution in [3.05, 3.63) is 65.2 Å². The van der Waals surface area contributed by atoms with Crippen LogP contribution in [0.5, 0.6) is 5.75 Å². The number of carbonyl (C=O) groups is 1. The van der Waals surface area contributed by atoms with E-state index in [1.165, 1.54) is 0 Å². The van der Waals surface area contributed by atoms with Gasteiger partial charge in [0.25, 0.3) is 0 Å². The van der Waals surface area contributed by atoms with Gasteiger partial charge in [-0.15, -0.1) is 0 Å². The van der Waals surface area contributed by atoms with Gasteiger partial charge in [-0.2, -0.15) is 0 Å². The van der Waals surface area contributed by atoms with Crippen LogP contribution in [0.15, 0.2) is 54.6 Å². The first-order valence-corrected chi connectivity index (χ1v) is 6.24. The summed E-state index contributed by atoms with van der Waals surface area (Å²) in [6.45, 7) is 0.446. The molecule has 0 aliphatic heterocycles. The molecule has 0 heterocycles. The highest BCUT2D eigenvalue weighted by molar-refractivity contribution is 6.32. The van der Waals surface area contributed by atoms with Gasteiger partial charge in [0.2, 0.25) is 0 Å². The molecule has 19 heavy (non-hydrogen) atoms. The molecule has 0 amide bonds. The van der Waals surface area contributed by atoms with Crippen LogP contribution < -0.4 is 4.74 Å². The quantitative estimate of drug-likeness (QED) is 0.618. The molecule has 0 bridgehead atoms. The predicted molar refractivity (Wildman–Crippen MR) is 73.7 cm³/mol. The van der Waals surface area contributed by atoms with Crippen LogP contribution in [0.25, 0.3) is 0 Å². The summed E-state index contributed by atoms with van der Waals surface area (Å²) in [4.78, 5) is 11.6. The van der Waals surface area contributed by atoms with Gasteiger partial charge in [-0.05, 0) is 24.3 Å². The van der Waals surface area contributed by atoms with Crippen molar-refractivity contribution in [2.24, 2.45) is 0 Å². The van der Waals surface area contributed by atoms with Gasteiger partial charge in [0.05, 0.1) is 10.6 Å². The first-order chi connectivity index (χ1) is 9.27. The number of hydrogen-bond acceptors (Lipinski definition) is 3. The summed E-state index contributed by atoms with van der Waals surface area (Å²) in [7, 11) is 0. The molecule has 0 aromatic heterocycles. The highest BCUT2D eigenvalue weighted by atomic mass is 35.5. The maximum absolute atomic E-state index is 11.6. The Bertz CT molecular complexity index is 540. The normalized spacial score (nSPS) is 9.95. The van der Waals surface area contributed by atoms with Crippen LogP contribution in [0.4, 0.5) is 0 Å². The average Bonchev–Trinajstić information content (AvgIpc) is 2.46. The molecule has 0 radical (unpaired) electrons. The van der Waals surface area contributed by atoms with Gasteiger partial charge in [-0.1, -0.05) is 41.9 Å². The molecule has 98 valence electrons. The molecule has 3 nitrogen and oxygen atoms in total. The standard InChI is InChI=1S/C15H13ClO3/c16-13-8-4-5-9-14(13)18-10-11-19-15(17)12-6-2-1-3-7-12/h1-9H,10-11H2. The Morgan fingerprint density at radius 1 is 0.947 bits per heavy atom. The maximum atomic E-state index is 11.6. The van der Waals surface area contributed by atoms with Crippen LogP contribution in [-0.4, -0.2) is 19.2 Å². The van der Waals surface area contributed by atoms with Crippen molar-refractivity contribution < 1.29 is 14.3 Å². The van der Waals surface area contributed by atoms with E-state index >= 15 is 0 Å². The number of ether oxygens (including phenoxy) is 2. The van der Waals surface area contributed by atoms with Gasteiger partial charge in [0.15, 0.2) is 0 Å². The lowest BCUT2D eigenvalue weighted by Gasteiger charge is -2.08. The molecule has 0 spiro atoms. The van der Waals surface area contributed by atoms with E-state index in [1.54, 1.807) is 36.4 Å². The molecule has 0 atom stereocenters. The molecule has 0 saturated carbocycles. The van der Waals surface area contributed by atoms with E-state index in [0.29, 0.717) is 16.3 Å². The van der Waals surface area contributed by atoms with E-state index in [0.717, 1.165) is 0 Å². The molecule has 2 rings (SSSR count). The largest absolute Gasteiger partial charge is 0.488 e. The lowest BCUT2D eigenvalue weighted by Crippen LogP contribution is -2.12. The molecular weight excluding hydrogens is 264 g/mol. The Hall–Kier alpha value is -2.00. The summed E-state index contributed by atoms with van der Waals surface area (Å²) < 4.78 is 10.5. The fraction of sp³-hybridized carbons (Fsp3) is 0.133. The minimum Gasteiger partial charge on any atom is -0.488 e. The third-order valence-electron chi connectivity index (χ3n) is 2.42. The van der Waals surface area contributed by atoms with Gasteiger partial charge >= 0.3 is 5.97 Å². The molecule has 4 heteroatoms. The molecular formula is C15H13ClO3. The van der Waals surface area contributed by atoms with Crippen molar-refractivity contribution in [1.29, 1.82) is 0 Å². The van der Waals surface area contributed by atoms with E-state index in [2.05, 4.69) is 0 Å². The van der Waals surface area contributed by atoms with E-state index in [-0.39, 0.29) is 19.2 Å². The summed E-state index contributed by atoms with van der Waals surface area (Å²) in [5, 5.41) is 0.539. The summed E-state index contributed by atoms with van der Waals surface area (Å²) in [5.74, 6) is 0.225. The average molecular weight is 277 g/mol. The summed E-state index contributed by atoms with van der Waals surface area (Å²) in [5.41, 5.74) is 0.528. The third kappa shape index (κ3) is 4.00. The van der Waals surface area contributed by atoms with Crippen molar-refractivity contribution >= 4 is 17.6 Å². The number of carbonyl (C=O) groups excluding carboxylic acids is 1. The van der Waals surface area contributed by atoms with Crippen LogP contribution in [-0.2, 0) is 4.74 Å². The van der Waals surface area contributed by atoms with Gasteiger partial charge in [0.1, 0.15) is 19.0 Å². The van der Waals surface area contributed by atoms with Crippen molar-refractivity contribution in [1.82, 2.24) is 0 Å². The molecule has 0 aliphatic rings. The zero-order chi connectivity index (χ0) is 13.5. The molecule has 2 aromatic rings. The highest BCUT2D eigenvalue weighted by Crippen LogP contribution is 2.22. The third-order valence-corrected chi connectivity index (χ3v) is 2.73. The van der Waals surface area contributed by atoms with Gasteiger partial charge < -0.3 is 9.47 Å². The Labute approximate surface area is 116 Å². The van der Waals surface area contributed by atoms with Crippen molar-refractivity contribution in [2.45, 2.75) is 0 Å². The SMILES string of the molecule is O=C(OCCOc1ccccc1Cl)c1ccccc1. The second-order valence-electron chi connectivity index (χ2n) is 3.78. The first kappa shape index (κ1) is 13.4. The van der Waals surface area contributed by atoms with E-state index in [9.17, 15) is 4.79 Å². The Balaban J connectivity index is 1.76. The fourth-order valence-corrected chi connectivity index (χ4v) is 1.70. The van der Waals surface area contributed by atoms with Gasteiger partial charge in [-0.25, -0.2) is 4.79 Å². The number of halogens is 1. The fourth-order valence-electron chi connectivity index (χ4n) is 1.51. The summed E-state index contributed by atoms with van der Waals surface area (Å²) >= 11 is 5.93. The van der Waals surface area contributed by atoms with E-state index in [1.807, 2.05) is 18.2 Å². The predicted octanol–water partition coefficient (Wildman–Crippen LogP) is 3.58. The lowest BCUT2D eigenvalue weighted by molar-refractivity contribution is 0.0450. The minimum atomic E-state index is -0.358. The highest BCUT2D eigenvalue weighted by Gasteiger charge is 2.06. The molecule has 0 saturated heterocycles. The second kappa shape index (κ2) is 6.81. The van der Waals surface area contributed by atoms with Crippen LogP contribution in [0.3, 0.4) is 0 Å². The number of para-hydroxylation sites is 1. The smallest absolute Gasteiger partial charge is 0.338 e. The molecule has 0 fully saturated rings. The van der Waals surface area contributed by atoms with Gasteiger partial charge in [-0.3, -0.25) is 0 Å². The van der Waals surface area contributed by atoms with Crippen LogP contribution in [0, 0.1) is 0 Å². The molecule has 0 aliphatic carbocycles. The van der Waals surface area contributed by atoms with Crippen molar-refractivity contribution in [3.8, 4) is 5.75 Å². The monoisotopic (exact) mass is 276 g/mol. The maximum Gasteiger partial charge on any atom is 0.338 e. The zero-order valence-electron chi connectivity index (χ0n) is 10.2. The number of esters is 1. The zero-order valence-corrected chi connectivity index (χ0v) is 11.0. The number of benzene rings is 2. The lowest BCUT2D eigenvalue weighted by atomic mass is 10.2. The molecule has 0 N–H and O–H groups in total. The van der Waals surface area contributed by atoms with Crippen LogP contribution >= 0.6 is 11.6 Å². The first-order valence-electron chi connectivity index (χ1n) is 5.87. The van der Waals surface area contributed by atoms with E-state index < -0.39 is 0 Å². The van der Waals surface area contributed by atoms with E-state index in [4.69, 9.17) is 21.1 Å². The Morgan fingerprint density at radius 3 is 2.37 bits per heavy atom. The molecule has 0 unspecified atom stereocenters. The topological polar surface area (TPSA) is 35.5 Å². The van der Waals surface area contributed by atoms with Crippen LogP contribution in [0.1, 0.15) is 10.4 Å². The summed E-state index contributed by atoms with van der Waals surface area (Å²) in [6, 6.07) is 16.0. The molecule has 2 aromatic carbocycles. The minimum absolute atomic E-state index is 0.180. The van der Waals surface area contributed by atoms with Gasteiger partial charge in [0, 0.05) is 0 Å². The van der Waals surface area contributed by atoms with Crippen molar-refractivity contribution in [3.63, 3.8) is 0 Å². The number of hydrogen-bond donors (Lipinski definition) is 0. The number of rotatable bonds is 5. The summed E-state index contributed by atoms with van der Waals surface area (Å²) in [6.07, 6.45) is 0. The Morgan fingerprint density at radius 2 is 1.63 bits per heavy atom. The Kier molecular flexibility index (Phi) is 4.81. The van der Waals surface area contributed by atoms with Crippen molar-refractivity contribution in [2.75, 3.05) is 13.2 Å². The second-order valence-corrected chi connectivity index (χ2v) is 4.19.